The summed E-state index contributed by atoms with van der Waals surface area (Å²) in [5.74, 6) is -0.998. The van der Waals surface area contributed by atoms with Gasteiger partial charge in [0, 0.05) is 6.54 Å². The minimum Gasteiger partial charge on any atom is -0.480 e. The van der Waals surface area contributed by atoms with Gasteiger partial charge < -0.3 is 15.3 Å². The standard InChI is InChI=1S/C13H16N2O3/c1-8-3-4-10(9(2)5-8)11-6-14-13(18)15(11)7-12(16)17/h3-5,11H,6-7H2,1-2H3,(H,14,18)(H,16,17). The van der Waals surface area contributed by atoms with Crippen molar-refractivity contribution in [1.82, 2.24) is 10.2 Å². The lowest BCUT2D eigenvalue weighted by atomic mass is 9.99. The summed E-state index contributed by atoms with van der Waals surface area (Å²) in [5.41, 5.74) is 3.23. The summed E-state index contributed by atoms with van der Waals surface area (Å²) >= 11 is 0. The Morgan fingerprint density at radius 3 is 2.83 bits per heavy atom. The fourth-order valence-electron chi connectivity index (χ4n) is 2.34. The molecule has 1 heterocycles. The highest BCUT2D eigenvalue weighted by atomic mass is 16.4. The minimum absolute atomic E-state index is 0.200. The number of benzene rings is 1. The van der Waals surface area contributed by atoms with Crippen LogP contribution in [0.25, 0.3) is 0 Å². The zero-order chi connectivity index (χ0) is 13.3. The number of nitrogens with zero attached hydrogens (tertiary/aromatic N) is 1. The number of carboxylic acids is 1. The molecule has 1 aromatic carbocycles. The molecule has 0 aliphatic carbocycles. The maximum atomic E-state index is 11.6. The minimum atomic E-state index is -0.998. The first-order chi connectivity index (χ1) is 8.49. The Labute approximate surface area is 105 Å². The Hall–Kier alpha value is -2.04. The molecular formula is C13H16N2O3. The van der Waals surface area contributed by atoms with Gasteiger partial charge in [-0.15, -0.1) is 0 Å². The summed E-state index contributed by atoms with van der Waals surface area (Å²) in [6.45, 7) is 4.16. The smallest absolute Gasteiger partial charge is 0.323 e. The molecule has 0 spiro atoms. The van der Waals surface area contributed by atoms with Crippen LogP contribution >= 0.6 is 0 Å². The van der Waals surface area contributed by atoms with E-state index >= 15 is 0 Å². The second kappa shape index (κ2) is 4.68. The molecule has 18 heavy (non-hydrogen) atoms. The third-order valence-corrected chi connectivity index (χ3v) is 3.17. The Kier molecular flexibility index (Phi) is 3.23. The number of rotatable bonds is 3. The van der Waals surface area contributed by atoms with Gasteiger partial charge in [0.15, 0.2) is 0 Å². The van der Waals surface area contributed by atoms with Gasteiger partial charge in [0.1, 0.15) is 6.54 Å². The number of carboxylic acid groups (broad SMARTS) is 1. The fraction of sp³-hybridized carbons (Fsp3) is 0.385. The van der Waals surface area contributed by atoms with Crippen molar-refractivity contribution >= 4 is 12.0 Å². The molecular weight excluding hydrogens is 232 g/mol. The third-order valence-electron chi connectivity index (χ3n) is 3.17. The molecule has 1 fully saturated rings. The van der Waals surface area contributed by atoms with E-state index in [9.17, 15) is 9.59 Å². The molecule has 2 N–H and O–H groups in total. The van der Waals surface area contributed by atoms with Crippen molar-refractivity contribution in [2.75, 3.05) is 13.1 Å². The molecule has 0 radical (unpaired) electrons. The second-order valence-corrected chi connectivity index (χ2v) is 4.58. The Bertz CT molecular complexity index is 499. The first-order valence-electron chi connectivity index (χ1n) is 5.82. The summed E-state index contributed by atoms with van der Waals surface area (Å²) in [7, 11) is 0. The van der Waals surface area contributed by atoms with E-state index in [4.69, 9.17) is 5.11 Å². The van der Waals surface area contributed by atoms with Gasteiger partial charge in [-0.2, -0.15) is 0 Å². The molecule has 5 heteroatoms. The van der Waals surface area contributed by atoms with E-state index in [1.54, 1.807) is 0 Å². The Morgan fingerprint density at radius 1 is 1.50 bits per heavy atom. The highest BCUT2D eigenvalue weighted by Gasteiger charge is 2.33. The highest BCUT2D eigenvalue weighted by Crippen LogP contribution is 2.27. The summed E-state index contributed by atoms with van der Waals surface area (Å²) < 4.78 is 0. The van der Waals surface area contributed by atoms with Crippen LogP contribution in [0.15, 0.2) is 18.2 Å². The van der Waals surface area contributed by atoms with Gasteiger partial charge in [0.2, 0.25) is 0 Å². The Balaban J connectivity index is 2.31. The second-order valence-electron chi connectivity index (χ2n) is 4.58. The van der Waals surface area contributed by atoms with Crippen molar-refractivity contribution < 1.29 is 14.7 Å². The van der Waals surface area contributed by atoms with E-state index in [2.05, 4.69) is 5.32 Å². The zero-order valence-electron chi connectivity index (χ0n) is 10.4. The molecule has 1 aromatic rings. The zero-order valence-corrected chi connectivity index (χ0v) is 10.4. The molecule has 5 nitrogen and oxygen atoms in total. The van der Waals surface area contributed by atoms with Crippen LogP contribution < -0.4 is 5.32 Å². The van der Waals surface area contributed by atoms with Crippen LogP contribution in [0.4, 0.5) is 4.79 Å². The molecule has 2 rings (SSSR count). The summed E-state index contributed by atoms with van der Waals surface area (Å²) in [6.07, 6.45) is 0. The van der Waals surface area contributed by atoms with Gasteiger partial charge in [-0.05, 0) is 25.0 Å². The maximum Gasteiger partial charge on any atom is 0.323 e. The van der Waals surface area contributed by atoms with E-state index in [1.165, 1.54) is 4.90 Å². The lowest BCUT2D eigenvalue weighted by Gasteiger charge is -2.23. The first-order valence-corrected chi connectivity index (χ1v) is 5.82. The molecule has 1 saturated heterocycles. The monoisotopic (exact) mass is 248 g/mol. The molecule has 96 valence electrons. The first kappa shape index (κ1) is 12.4. The largest absolute Gasteiger partial charge is 0.480 e. The highest BCUT2D eigenvalue weighted by molar-refractivity contribution is 5.82. The van der Waals surface area contributed by atoms with Crippen LogP contribution in [0.5, 0.6) is 0 Å². The van der Waals surface area contributed by atoms with Crippen LogP contribution in [-0.4, -0.2) is 35.1 Å². The molecule has 1 atom stereocenters. The van der Waals surface area contributed by atoms with E-state index < -0.39 is 5.97 Å². The molecule has 1 aliphatic rings. The van der Waals surface area contributed by atoms with Crippen LogP contribution in [0.2, 0.25) is 0 Å². The quantitative estimate of drug-likeness (QED) is 0.850. The molecule has 1 unspecified atom stereocenters. The topological polar surface area (TPSA) is 69.6 Å². The van der Waals surface area contributed by atoms with Crippen molar-refractivity contribution in [3.63, 3.8) is 0 Å². The van der Waals surface area contributed by atoms with Crippen LogP contribution in [0.1, 0.15) is 22.7 Å². The van der Waals surface area contributed by atoms with E-state index in [0.717, 1.165) is 16.7 Å². The molecule has 2 amide bonds. The van der Waals surface area contributed by atoms with Gasteiger partial charge in [-0.25, -0.2) is 4.79 Å². The van der Waals surface area contributed by atoms with Crippen molar-refractivity contribution in [3.05, 3.63) is 34.9 Å². The number of hydrogen-bond donors (Lipinski definition) is 2. The van der Waals surface area contributed by atoms with E-state index in [1.807, 2.05) is 32.0 Å². The van der Waals surface area contributed by atoms with Crippen molar-refractivity contribution in [2.24, 2.45) is 0 Å². The van der Waals surface area contributed by atoms with Gasteiger partial charge in [-0.1, -0.05) is 23.8 Å². The van der Waals surface area contributed by atoms with Crippen LogP contribution in [0.3, 0.4) is 0 Å². The average Bonchev–Trinajstić information content (AvgIpc) is 2.60. The number of nitrogens with one attached hydrogen (secondary N) is 1. The number of aryl methyl sites for hydroxylation is 2. The third kappa shape index (κ3) is 2.30. The van der Waals surface area contributed by atoms with Crippen molar-refractivity contribution in [2.45, 2.75) is 19.9 Å². The van der Waals surface area contributed by atoms with E-state index in [-0.39, 0.29) is 18.6 Å². The number of amides is 2. The average molecular weight is 248 g/mol. The fourth-order valence-corrected chi connectivity index (χ4v) is 2.34. The van der Waals surface area contributed by atoms with Crippen LogP contribution in [-0.2, 0) is 4.79 Å². The summed E-state index contributed by atoms with van der Waals surface area (Å²) in [5, 5.41) is 11.5. The Morgan fingerprint density at radius 2 is 2.22 bits per heavy atom. The van der Waals surface area contributed by atoms with Gasteiger partial charge in [0.05, 0.1) is 6.04 Å². The van der Waals surface area contributed by atoms with Gasteiger partial charge >= 0.3 is 12.0 Å². The number of carbonyl (C=O) groups excluding carboxylic acids is 1. The van der Waals surface area contributed by atoms with Gasteiger partial charge in [-0.3, -0.25) is 4.79 Å². The number of aliphatic carboxylic acids is 1. The lowest BCUT2D eigenvalue weighted by Crippen LogP contribution is -2.34. The number of hydrogen-bond acceptors (Lipinski definition) is 2. The lowest BCUT2D eigenvalue weighted by molar-refractivity contribution is -0.137. The van der Waals surface area contributed by atoms with Gasteiger partial charge in [0.25, 0.3) is 0 Å². The SMILES string of the molecule is Cc1ccc(C2CNC(=O)N2CC(=O)O)c(C)c1. The predicted molar refractivity (Wildman–Crippen MR) is 66.4 cm³/mol. The number of carbonyl (C=O) groups is 2. The molecule has 0 aromatic heterocycles. The molecule has 1 aliphatic heterocycles. The van der Waals surface area contributed by atoms with Crippen LogP contribution in [0, 0.1) is 13.8 Å². The summed E-state index contributed by atoms with van der Waals surface area (Å²) in [4.78, 5) is 23.8. The molecule has 0 bridgehead atoms. The maximum absolute atomic E-state index is 11.6. The predicted octanol–water partition coefficient (Wildman–Crippen LogP) is 1.45. The molecule has 0 saturated carbocycles. The number of urea groups is 1. The van der Waals surface area contributed by atoms with Crippen molar-refractivity contribution in [1.29, 1.82) is 0 Å². The normalized spacial score (nSPS) is 18.9. The summed E-state index contributed by atoms with van der Waals surface area (Å²) in [6, 6.07) is 5.46. The van der Waals surface area contributed by atoms with E-state index in [0.29, 0.717) is 6.54 Å². The van der Waals surface area contributed by atoms with Crippen molar-refractivity contribution in [3.8, 4) is 0 Å².